The van der Waals surface area contributed by atoms with Crippen LogP contribution in [-0.4, -0.2) is 89.0 Å². The van der Waals surface area contributed by atoms with E-state index in [9.17, 15) is 30.0 Å². The molecule has 0 aliphatic carbocycles. The summed E-state index contributed by atoms with van der Waals surface area (Å²) in [6.07, 6.45) is 38.9. The molecule has 0 radical (unpaired) electrons. The van der Waals surface area contributed by atoms with E-state index in [1.807, 2.05) is 12.2 Å². The molecule has 344 valence electrons. The van der Waals surface area contributed by atoms with Crippen LogP contribution in [0.5, 0.6) is 0 Å². The maximum absolute atomic E-state index is 12.7. The number of hydrogen-bond acceptors (Lipinski definition) is 10. The second-order valence-corrected chi connectivity index (χ2v) is 16.6. The van der Waals surface area contributed by atoms with Crippen LogP contribution in [0.3, 0.4) is 0 Å². The van der Waals surface area contributed by atoms with Gasteiger partial charge in [0, 0.05) is 12.8 Å². The van der Waals surface area contributed by atoms with Crippen molar-refractivity contribution in [3.05, 3.63) is 36.5 Å². The van der Waals surface area contributed by atoms with Gasteiger partial charge in [0.15, 0.2) is 12.4 Å². The molecule has 3 unspecified atom stereocenters. The van der Waals surface area contributed by atoms with Gasteiger partial charge in [0.2, 0.25) is 0 Å². The van der Waals surface area contributed by atoms with Crippen LogP contribution in [0.2, 0.25) is 0 Å². The Balaban J connectivity index is 2.29. The van der Waals surface area contributed by atoms with Gasteiger partial charge >= 0.3 is 11.9 Å². The van der Waals surface area contributed by atoms with Gasteiger partial charge in [0.1, 0.15) is 31.0 Å². The lowest BCUT2D eigenvalue weighted by Gasteiger charge is -2.39. The zero-order valence-corrected chi connectivity index (χ0v) is 37.5. The molecule has 0 spiro atoms. The van der Waals surface area contributed by atoms with E-state index in [2.05, 4.69) is 38.2 Å². The Hall–Kier alpha value is -2.08. The van der Waals surface area contributed by atoms with Crippen molar-refractivity contribution >= 4 is 11.9 Å². The molecule has 59 heavy (non-hydrogen) atoms. The van der Waals surface area contributed by atoms with E-state index >= 15 is 0 Å². The number of ether oxygens (including phenoxy) is 4. The Kier molecular flexibility index (Phi) is 37.3. The molecule has 4 N–H and O–H groups in total. The largest absolute Gasteiger partial charge is 0.462 e. The molecule has 1 aliphatic heterocycles. The van der Waals surface area contributed by atoms with Crippen molar-refractivity contribution in [1.82, 2.24) is 0 Å². The van der Waals surface area contributed by atoms with Gasteiger partial charge in [-0.05, 0) is 57.8 Å². The first-order valence-electron chi connectivity index (χ1n) is 24.1. The van der Waals surface area contributed by atoms with Crippen LogP contribution in [0.25, 0.3) is 0 Å². The fraction of sp³-hybridized carbons (Fsp3) is 0.837. The van der Waals surface area contributed by atoms with E-state index in [4.69, 9.17) is 18.9 Å². The van der Waals surface area contributed by atoms with E-state index in [0.717, 1.165) is 38.5 Å². The van der Waals surface area contributed by atoms with Gasteiger partial charge in [-0.3, -0.25) is 9.59 Å². The van der Waals surface area contributed by atoms with E-state index in [1.54, 1.807) is 0 Å². The van der Waals surface area contributed by atoms with Gasteiger partial charge in [-0.25, -0.2) is 0 Å². The summed E-state index contributed by atoms with van der Waals surface area (Å²) in [6.45, 7) is 3.36. The van der Waals surface area contributed by atoms with Crippen LogP contribution >= 0.6 is 0 Å². The molecular formula is C49H88O10. The van der Waals surface area contributed by atoms with Gasteiger partial charge in [0.25, 0.3) is 0 Å². The summed E-state index contributed by atoms with van der Waals surface area (Å²) in [5, 5.41) is 40.1. The van der Waals surface area contributed by atoms with Gasteiger partial charge < -0.3 is 39.4 Å². The number of aliphatic hydroxyl groups is 4. The second-order valence-electron chi connectivity index (χ2n) is 16.6. The Labute approximate surface area is 359 Å². The summed E-state index contributed by atoms with van der Waals surface area (Å²) in [7, 11) is 0. The highest BCUT2D eigenvalue weighted by molar-refractivity contribution is 5.70. The summed E-state index contributed by atoms with van der Waals surface area (Å²) in [4.78, 5) is 25.3. The lowest BCUT2D eigenvalue weighted by Crippen LogP contribution is -2.59. The zero-order chi connectivity index (χ0) is 43.0. The first-order chi connectivity index (χ1) is 28.8. The standard InChI is InChI=1S/C49H88O10/c1-3-5-7-9-11-13-15-17-18-19-20-21-22-23-24-26-27-29-31-33-35-37-44(51)56-40-42(41-57-49-48(55)47(54)46(53)43(39-50)59-49)58-45(52)38-36-34-32-30-28-25-16-14-12-10-8-6-4-2/h21-22,25,28,32,34,42-43,46-50,53-55H,3-20,23-24,26-27,29-31,33,35-41H2,1-2H3/b22-21+,28-25+,34-32+/t42?,43-,46+,47?,48?,49-/m0/s1. The van der Waals surface area contributed by atoms with Crippen molar-refractivity contribution in [3.63, 3.8) is 0 Å². The average molecular weight is 837 g/mol. The summed E-state index contributed by atoms with van der Waals surface area (Å²) in [5.41, 5.74) is 0. The summed E-state index contributed by atoms with van der Waals surface area (Å²) in [5.74, 6) is -0.886. The number of allylic oxidation sites excluding steroid dienone is 6. The summed E-state index contributed by atoms with van der Waals surface area (Å²) < 4.78 is 22.1. The predicted molar refractivity (Wildman–Crippen MR) is 238 cm³/mol. The smallest absolute Gasteiger partial charge is 0.306 e. The van der Waals surface area contributed by atoms with Crippen molar-refractivity contribution in [2.24, 2.45) is 0 Å². The van der Waals surface area contributed by atoms with Crippen molar-refractivity contribution in [3.8, 4) is 0 Å². The number of aliphatic hydroxyl groups excluding tert-OH is 4. The Morgan fingerprint density at radius 1 is 0.525 bits per heavy atom. The van der Waals surface area contributed by atoms with Crippen LogP contribution in [0, 0.1) is 0 Å². The predicted octanol–water partition coefficient (Wildman–Crippen LogP) is 10.7. The van der Waals surface area contributed by atoms with Crippen molar-refractivity contribution < 1.29 is 49.0 Å². The third-order valence-corrected chi connectivity index (χ3v) is 11.0. The molecule has 0 aromatic heterocycles. The molecule has 10 heteroatoms. The van der Waals surface area contributed by atoms with Crippen molar-refractivity contribution in [1.29, 1.82) is 0 Å². The molecule has 1 saturated heterocycles. The molecular weight excluding hydrogens is 749 g/mol. The quantitative estimate of drug-likeness (QED) is 0.0267. The van der Waals surface area contributed by atoms with Crippen molar-refractivity contribution in [2.45, 2.75) is 243 Å². The zero-order valence-electron chi connectivity index (χ0n) is 37.5. The fourth-order valence-corrected chi connectivity index (χ4v) is 7.18. The van der Waals surface area contributed by atoms with Crippen LogP contribution in [0.1, 0.15) is 206 Å². The molecule has 10 nitrogen and oxygen atoms in total. The number of carbonyl (C=O) groups is 2. The molecule has 1 rings (SSSR count). The van der Waals surface area contributed by atoms with E-state index in [1.165, 1.54) is 128 Å². The van der Waals surface area contributed by atoms with Gasteiger partial charge in [-0.2, -0.15) is 0 Å². The topological polar surface area (TPSA) is 152 Å². The number of carbonyl (C=O) groups excluding carboxylic acids is 2. The molecule has 1 heterocycles. The second kappa shape index (κ2) is 40.0. The molecule has 0 amide bonds. The SMILES string of the molecule is CCCCCCCC/C=C/C/C=C/CCC(=O)OC(COC(=O)CCCCCCCCC/C=C/CCCCCCCCCCCC)CO[C@H]1O[C@@H](CO)[C@@H](O)C(O)C1O. The minimum Gasteiger partial charge on any atom is -0.462 e. The van der Waals surface area contributed by atoms with Crippen molar-refractivity contribution in [2.75, 3.05) is 19.8 Å². The Bertz CT molecular complexity index is 1060. The third-order valence-electron chi connectivity index (χ3n) is 11.0. The minimum absolute atomic E-state index is 0.124. The number of hydrogen-bond donors (Lipinski definition) is 4. The van der Waals surface area contributed by atoms with Crippen LogP contribution in [-0.2, 0) is 28.5 Å². The molecule has 0 aromatic carbocycles. The molecule has 0 bridgehead atoms. The highest BCUT2D eigenvalue weighted by Crippen LogP contribution is 2.22. The maximum Gasteiger partial charge on any atom is 0.306 e. The first kappa shape index (κ1) is 54.9. The van der Waals surface area contributed by atoms with E-state index < -0.39 is 55.4 Å². The number of unbranched alkanes of at least 4 members (excludes halogenated alkanes) is 23. The van der Waals surface area contributed by atoms with E-state index in [0.29, 0.717) is 12.8 Å². The fourth-order valence-electron chi connectivity index (χ4n) is 7.18. The lowest BCUT2D eigenvalue weighted by molar-refractivity contribution is -0.305. The molecule has 1 fully saturated rings. The summed E-state index contributed by atoms with van der Waals surface area (Å²) >= 11 is 0. The normalized spacial score (nSPS) is 20.3. The van der Waals surface area contributed by atoms with E-state index in [-0.39, 0.29) is 26.1 Å². The molecule has 1 aliphatic rings. The first-order valence-corrected chi connectivity index (χ1v) is 24.1. The monoisotopic (exact) mass is 837 g/mol. The van der Waals surface area contributed by atoms with Crippen LogP contribution in [0.4, 0.5) is 0 Å². The number of esters is 2. The molecule has 6 atom stereocenters. The Morgan fingerprint density at radius 2 is 0.983 bits per heavy atom. The highest BCUT2D eigenvalue weighted by Gasteiger charge is 2.44. The average Bonchev–Trinajstić information content (AvgIpc) is 3.23. The molecule has 0 saturated carbocycles. The highest BCUT2D eigenvalue weighted by atomic mass is 16.7. The van der Waals surface area contributed by atoms with Crippen LogP contribution in [0.15, 0.2) is 36.5 Å². The lowest BCUT2D eigenvalue weighted by atomic mass is 9.99. The maximum atomic E-state index is 12.7. The van der Waals surface area contributed by atoms with Gasteiger partial charge in [-0.15, -0.1) is 0 Å². The minimum atomic E-state index is -1.60. The summed E-state index contributed by atoms with van der Waals surface area (Å²) in [6, 6.07) is 0. The third kappa shape index (κ3) is 31.4. The van der Waals surface area contributed by atoms with Crippen LogP contribution < -0.4 is 0 Å². The molecule has 0 aromatic rings. The number of rotatable bonds is 40. The van der Waals surface area contributed by atoms with Gasteiger partial charge in [-0.1, -0.05) is 172 Å². The van der Waals surface area contributed by atoms with Gasteiger partial charge in [0.05, 0.1) is 13.2 Å². The Morgan fingerprint density at radius 3 is 1.49 bits per heavy atom.